The van der Waals surface area contributed by atoms with Crippen LogP contribution in [-0.4, -0.2) is 41.1 Å². The molecule has 0 atom stereocenters. The highest BCUT2D eigenvalue weighted by molar-refractivity contribution is 6.33. The molecule has 2 heterocycles. The highest BCUT2D eigenvalue weighted by Crippen LogP contribution is 2.30. The molecule has 3 N–H and O–H groups in total. The number of amides is 1. The molecule has 0 radical (unpaired) electrons. The van der Waals surface area contributed by atoms with E-state index >= 15 is 0 Å². The number of nitrogens with one attached hydrogen (secondary N) is 3. The third-order valence-corrected chi connectivity index (χ3v) is 6.64. The van der Waals surface area contributed by atoms with Crippen molar-refractivity contribution in [2.75, 3.05) is 30.8 Å². The number of carbonyl (C=O) groups excluding carboxylic acids is 1. The van der Waals surface area contributed by atoms with E-state index in [0.717, 1.165) is 48.2 Å². The number of aromatic amines is 1. The lowest BCUT2D eigenvalue weighted by Crippen LogP contribution is -2.29. The average Bonchev–Trinajstić information content (AvgIpc) is 3.23. The summed E-state index contributed by atoms with van der Waals surface area (Å²) in [6.45, 7) is 2.24. The number of halogens is 1. The fourth-order valence-corrected chi connectivity index (χ4v) is 4.52. The Morgan fingerprint density at radius 1 is 1.06 bits per heavy atom. The third kappa shape index (κ3) is 4.72. The van der Waals surface area contributed by atoms with Crippen molar-refractivity contribution in [2.24, 2.45) is 0 Å². The summed E-state index contributed by atoms with van der Waals surface area (Å²) in [5, 5.41) is 15.0. The van der Waals surface area contributed by atoms with Gasteiger partial charge in [-0.3, -0.25) is 9.89 Å². The molecule has 4 aromatic rings. The fraction of sp³-hybridized carbons (Fsp3) is 0.231. The molecule has 0 spiro atoms. The molecule has 1 fully saturated rings. The van der Waals surface area contributed by atoms with E-state index in [-0.39, 0.29) is 5.91 Å². The van der Waals surface area contributed by atoms with Gasteiger partial charge >= 0.3 is 0 Å². The van der Waals surface area contributed by atoms with Crippen molar-refractivity contribution in [2.45, 2.75) is 18.8 Å². The Kier molecular flexibility index (Phi) is 6.03. The number of anilines is 3. The zero-order chi connectivity index (χ0) is 22.8. The summed E-state index contributed by atoms with van der Waals surface area (Å²) in [5.41, 5.74) is 4.46. The number of piperidine rings is 1. The number of para-hydroxylation sites is 1. The molecule has 7 heteroatoms. The van der Waals surface area contributed by atoms with Crippen LogP contribution in [0.1, 0.15) is 34.7 Å². The van der Waals surface area contributed by atoms with Crippen LogP contribution in [0.4, 0.5) is 17.2 Å². The summed E-state index contributed by atoms with van der Waals surface area (Å²) < 4.78 is 0. The van der Waals surface area contributed by atoms with Crippen LogP contribution in [-0.2, 0) is 0 Å². The Bertz CT molecular complexity index is 1280. The molecule has 1 aliphatic rings. The van der Waals surface area contributed by atoms with Crippen LogP contribution >= 0.6 is 11.6 Å². The minimum absolute atomic E-state index is 0.170. The zero-order valence-electron chi connectivity index (χ0n) is 18.4. The van der Waals surface area contributed by atoms with Gasteiger partial charge in [0.05, 0.1) is 16.2 Å². The Morgan fingerprint density at radius 2 is 1.82 bits per heavy atom. The summed E-state index contributed by atoms with van der Waals surface area (Å²) >= 11 is 6.24. The van der Waals surface area contributed by atoms with Crippen molar-refractivity contribution in [3.8, 4) is 0 Å². The molecule has 6 nitrogen and oxygen atoms in total. The first-order valence-electron chi connectivity index (χ1n) is 11.2. The van der Waals surface area contributed by atoms with E-state index in [2.05, 4.69) is 44.9 Å². The third-order valence-electron chi connectivity index (χ3n) is 6.31. The molecule has 0 bridgehead atoms. The lowest BCUT2D eigenvalue weighted by molar-refractivity contribution is 0.102. The maximum atomic E-state index is 12.8. The van der Waals surface area contributed by atoms with Gasteiger partial charge < -0.3 is 15.5 Å². The van der Waals surface area contributed by atoms with Crippen LogP contribution in [0.15, 0.2) is 66.7 Å². The highest BCUT2D eigenvalue weighted by atomic mass is 35.5. The van der Waals surface area contributed by atoms with Crippen LogP contribution in [0.3, 0.4) is 0 Å². The van der Waals surface area contributed by atoms with Crippen LogP contribution in [0, 0.1) is 0 Å². The predicted octanol–water partition coefficient (Wildman–Crippen LogP) is 6.02. The second-order valence-corrected chi connectivity index (χ2v) is 9.00. The van der Waals surface area contributed by atoms with Gasteiger partial charge in [-0.15, -0.1) is 0 Å². The number of likely N-dealkylation sites (tertiary alicyclic amines) is 1. The Balaban J connectivity index is 1.28. The fourth-order valence-electron chi connectivity index (χ4n) is 4.34. The topological polar surface area (TPSA) is 73.0 Å². The summed E-state index contributed by atoms with van der Waals surface area (Å²) in [6.07, 6.45) is 2.32. The van der Waals surface area contributed by atoms with Crippen molar-refractivity contribution >= 4 is 45.6 Å². The van der Waals surface area contributed by atoms with Gasteiger partial charge in [-0.05, 0) is 86.9 Å². The molecule has 0 unspecified atom stereocenters. The molecule has 168 valence electrons. The number of hydrogen-bond acceptors (Lipinski definition) is 4. The molecule has 5 rings (SSSR count). The number of aromatic nitrogens is 2. The van der Waals surface area contributed by atoms with Gasteiger partial charge in [-0.1, -0.05) is 35.9 Å². The van der Waals surface area contributed by atoms with Crippen LogP contribution in [0.2, 0.25) is 5.02 Å². The first-order chi connectivity index (χ1) is 16.1. The quantitative estimate of drug-likeness (QED) is 0.341. The predicted molar refractivity (Wildman–Crippen MR) is 135 cm³/mol. The highest BCUT2D eigenvalue weighted by Gasteiger charge is 2.19. The minimum Gasteiger partial charge on any atom is -0.354 e. The van der Waals surface area contributed by atoms with Crippen LogP contribution in [0.5, 0.6) is 0 Å². The summed E-state index contributed by atoms with van der Waals surface area (Å²) in [7, 11) is 2.17. The average molecular weight is 460 g/mol. The number of carbonyl (C=O) groups is 1. The van der Waals surface area contributed by atoms with Crippen molar-refractivity contribution in [1.29, 1.82) is 0 Å². The van der Waals surface area contributed by atoms with E-state index in [0.29, 0.717) is 22.3 Å². The molecule has 0 saturated carbocycles. The van der Waals surface area contributed by atoms with Gasteiger partial charge in [0.1, 0.15) is 0 Å². The number of fused-ring (bicyclic) bond motifs is 1. The van der Waals surface area contributed by atoms with E-state index in [4.69, 9.17) is 11.6 Å². The molecule has 1 saturated heterocycles. The van der Waals surface area contributed by atoms with Gasteiger partial charge in [0.25, 0.3) is 5.91 Å². The molecule has 1 aliphatic heterocycles. The van der Waals surface area contributed by atoms with Crippen LogP contribution < -0.4 is 10.6 Å². The standard InChI is InChI=1S/C26H26ClN5O/c1-32-14-12-18(13-15-32)17-6-8-19(9-7-17)26(33)29-25-21-11-10-20(16-24(21)30-31-25)28-23-5-3-2-4-22(23)27/h2-11,16,18,28H,12-15H2,1H3,(H2,29,30,31,33). The smallest absolute Gasteiger partial charge is 0.256 e. The second-order valence-electron chi connectivity index (χ2n) is 8.59. The molecule has 1 aromatic heterocycles. The Hall–Kier alpha value is -3.35. The van der Waals surface area contributed by atoms with E-state index in [1.165, 1.54) is 5.56 Å². The largest absolute Gasteiger partial charge is 0.354 e. The molecule has 0 aliphatic carbocycles. The molecular formula is C26H26ClN5O. The van der Waals surface area contributed by atoms with E-state index in [1.807, 2.05) is 54.6 Å². The SMILES string of the molecule is CN1CCC(c2ccc(C(=O)Nc3n[nH]c4cc(Nc5ccccc5Cl)ccc34)cc2)CC1. The van der Waals surface area contributed by atoms with Gasteiger partial charge in [0, 0.05) is 16.6 Å². The monoisotopic (exact) mass is 459 g/mol. The van der Waals surface area contributed by atoms with Crippen molar-refractivity contribution in [1.82, 2.24) is 15.1 Å². The number of nitrogens with zero attached hydrogens (tertiary/aromatic N) is 2. The van der Waals surface area contributed by atoms with Crippen LogP contribution in [0.25, 0.3) is 10.9 Å². The first-order valence-corrected chi connectivity index (χ1v) is 11.5. The van der Waals surface area contributed by atoms with Gasteiger partial charge in [0.2, 0.25) is 0 Å². The normalized spacial score (nSPS) is 15.0. The lowest BCUT2D eigenvalue weighted by Gasteiger charge is -2.29. The summed E-state index contributed by atoms with van der Waals surface area (Å²) in [4.78, 5) is 15.2. The molecule has 1 amide bonds. The van der Waals surface area contributed by atoms with Gasteiger partial charge in [-0.25, -0.2) is 0 Å². The van der Waals surface area contributed by atoms with Crippen molar-refractivity contribution in [3.63, 3.8) is 0 Å². The molecule has 33 heavy (non-hydrogen) atoms. The van der Waals surface area contributed by atoms with Crippen molar-refractivity contribution < 1.29 is 4.79 Å². The molecule has 3 aromatic carbocycles. The Morgan fingerprint density at radius 3 is 2.58 bits per heavy atom. The number of hydrogen-bond donors (Lipinski definition) is 3. The van der Waals surface area contributed by atoms with Gasteiger partial charge in [0.15, 0.2) is 5.82 Å². The van der Waals surface area contributed by atoms with E-state index < -0.39 is 0 Å². The van der Waals surface area contributed by atoms with E-state index in [9.17, 15) is 4.79 Å². The minimum atomic E-state index is -0.170. The maximum absolute atomic E-state index is 12.8. The maximum Gasteiger partial charge on any atom is 0.256 e. The van der Waals surface area contributed by atoms with Gasteiger partial charge in [-0.2, -0.15) is 5.10 Å². The molecular weight excluding hydrogens is 434 g/mol. The number of rotatable bonds is 5. The lowest BCUT2D eigenvalue weighted by atomic mass is 9.89. The second kappa shape index (κ2) is 9.25. The number of H-pyrrole nitrogens is 1. The van der Waals surface area contributed by atoms with Crippen molar-refractivity contribution in [3.05, 3.63) is 82.9 Å². The Labute approximate surface area is 197 Å². The van der Waals surface area contributed by atoms with E-state index in [1.54, 1.807) is 0 Å². The zero-order valence-corrected chi connectivity index (χ0v) is 19.2. The first kappa shape index (κ1) is 21.5. The summed E-state index contributed by atoms with van der Waals surface area (Å²) in [5.74, 6) is 0.914. The summed E-state index contributed by atoms with van der Waals surface area (Å²) in [6, 6.07) is 21.4. The number of benzene rings is 3.